The molecule has 0 fully saturated rings. The molecule has 0 aliphatic rings. The molecule has 158 valence electrons. The van der Waals surface area contributed by atoms with E-state index in [0.717, 1.165) is 23.2 Å². The van der Waals surface area contributed by atoms with E-state index in [9.17, 15) is 9.18 Å². The quantitative estimate of drug-likeness (QED) is 0.437. The zero-order chi connectivity index (χ0) is 21.5. The van der Waals surface area contributed by atoms with Crippen LogP contribution in [-0.2, 0) is 17.9 Å². The van der Waals surface area contributed by atoms with Crippen molar-refractivity contribution in [3.63, 3.8) is 0 Å². The molecule has 1 aromatic heterocycles. The smallest absolute Gasteiger partial charge is 0.230 e. The highest BCUT2D eigenvalue weighted by Gasteiger charge is 2.25. The number of aromatic nitrogens is 1. The van der Waals surface area contributed by atoms with Gasteiger partial charge in [-0.15, -0.1) is 0 Å². The molecule has 30 heavy (non-hydrogen) atoms. The van der Waals surface area contributed by atoms with Gasteiger partial charge in [0.05, 0.1) is 12.5 Å². The number of halogens is 1. The van der Waals surface area contributed by atoms with Gasteiger partial charge in [0.15, 0.2) is 0 Å². The van der Waals surface area contributed by atoms with Gasteiger partial charge in [-0.3, -0.25) is 4.79 Å². The lowest BCUT2D eigenvalue weighted by Gasteiger charge is -2.29. The third kappa shape index (κ3) is 5.59. The summed E-state index contributed by atoms with van der Waals surface area (Å²) in [6, 6.07) is 20.7. The van der Waals surface area contributed by atoms with Gasteiger partial charge in [0.1, 0.15) is 5.82 Å². The molecule has 3 rings (SSSR count). The van der Waals surface area contributed by atoms with E-state index in [1.807, 2.05) is 59.6 Å². The molecule has 0 aliphatic carbocycles. The second-order valence-corrected chi connectivity index (χ2v) is 8.24. The average molecular weight is 407 g/mol. The van der Waals surface area contributed by atoms with Crippen LogP contribution < -0.4 is 0 Å². The number of carbonyl (C=O) groups is 1. The molecule has 0 saturated carbocycles. The first kappa shape index (κ1) is 21.8. The fourth-order valence-corrected chi connectivity index (χ4v) is 3.91. The first-order chi connectivity index (χ1) is 14.5. The lowest BCUT2D eigenvalue weighted by Crippen LogP contribution is -2.37. The average Bonchev–Trinajstić information content (AvgIpc) is 3.15. The van der Waals surface area contributed by atoms with Crippen molar-refractivity contribution in [3.05, 3.63) is 95.6 Å². The maximum atomic E-state index is 13.6. The van der Waals surface area contributed by atoms with Crippen molar-refractivity contribution < 1.29 is 9.18 Å². The summed E-state index contributed by atoms with van der Waals surface area (Å²) >= 11 is 0. The van der Waals surface area contributed by atoms with E-state index in [0.29, 0.717) is 25.6 Å². The van der Waals surface area contributed by atoms with E-state index in [1.54, 1.807) is 12.1 Å². The number of nitrogens with zero attached hydrogens (tertiary/aromatic N) is 2. The number of amides is 1. The molecule has 0 radical (unpaired) electrons. The topological polar surface area (TPSA) is 25.2 Å². The Bertz CT molecular complexity index is 948. The minimum absolute atomic E-state index is 0.142. The minimum atomic E-state index is -0.230. The number of hydrogen-bond donors (Lipinski definition) is 0. The Kier molecular flexibility index (Phi) is 7.45. The van der Waals surface area contributed by atoms with Crippen LogP contribution in [0.15, 0.2) is 72.9 Å². The van der Waals surface area contributed by atoms with Gasteiger partial charge in [-0.1, -0.05) is 63.2 Å². The van der Waals surface area contributed by atoms with E-state index >= 15 is 0 Å². The molecule has 0 N–H and O–H groups in total. The lowest BCUT2D eigenvalue weighted by molar-refractivity contribution is -0.134. The second-order valence-electron chi connectivity index (χ2n) is 8.24. The highest BCUT2D eigenvalue weighted by atomic mass is 19.1. The monoisotopic (exact) mass is 406 g/mol. The van der Waals surface area contributed by atoms with Crippen molar-refractivity contribution in [2.24, 2.45) is 5.92 Å². The summed E-state index contributed by atoms with van der Waals surface area (Å²) in [6.45, 7) is 8.16. The Morgan fingerprint density at radius 3 is 2.47 bits per heavy atom. The molecule has 0 aliphatic heterocycles. The van der Waals surface area contributed by atoms with Gasteiger partial charge in [-0.2, -0.15) is 0 Å². The van der Waals surface area contributed by atoms with Crippen molar-refractivity contribution in [3.8, 4) is 0 Å². The Balaban J connectivity index is 1.82. The van der Waals surface area contributed by atoms with Crippen molar-refractivity contribution >= 4 is 5.91 Å². The van der Waals surface area contributed by atoms with E-state index in [4.69, 9.17) is 0 Å². The van der Waals surface area contributed by atoms with Crippen LogP contribution in [0.25, 0.3) is 0 Å². The number of carbonyl (C=O) groups excluding carboxylic acids is 1. The summed E-state index contributed by atoms with van der Waals surface area (Å²) < 4.78 is 15.7. The summed E-state index contributed by atoms with van der Waals surface area (Å²) in [4.78, 5) is 15.5. The Hall–Kier alpha value is -2.88. The molecule has 0 unspecified atom stereocenters. The van der Waals surface area contributed by atoms with Crippen molar-refractivity contribution in [2.45, 2.75) is 46.2 Å². The summed E-state index contributed by atoms with van der Waals surface area (Å²) in [6.07, 6.45) is 2.76. The molecule has 4 heteroatoms. The third-order valence-corrected chi connectivity index (χ3v) is 5.32. The zero-order valence-electron chi connectivity index (χ0n) is 18.1. The number of hydrogen-bond acceptors (Lipinski definition) is 1. The highest BCUT2D eigenvalue weighted by Crippen LogP contribution is 2.24. The normalized spacial score (nSPS) is 12.2. The van der Waals surface area contributed by atoms with Crippen LogP contribution in [0.3, 0.4) is 0 Å². The highest BCUT2D eigenvalue weighted by molar-refractivity contribution is 5.83. The van der Waals surface area contributed by atoms with Gasteiger partial charge in [-0.25, -0.2) is 4.39 Å². The van der Waals surface area contributed by atoms with Crippen LogP contribution >= 0.6 is 0 Å². The molecule has 1 heterocycles. The lowest BCUT2D eigenvalue weighted by atomic mass is 9.94. The maximum absolute atomic E-state index is 13.6. The van der Waals surface area contributed by atoms with Crippen LogP contribution in [0.1, 0.15) is 49.9 Å². The van der Waals surface area contributed by atoms with E-state index < -0.39 is 0 Å². The Labute approximate surface area is 179 Å². The molecule has 0 spiro atoms. The molecule has 2 aromatic carbocycles. The molecular formula is C26H31FN2O. The van der Waals surface area contributed by atoms with Crippen molar-refractivity contribution in [2.75, 3.05) is 6.54 Å². The first-order valence-corrected chi connectivity index (χ1v) is 10.7. The molecule has 0 bridgehead atoms. The summed E-state index contributed by atoms with van der Waals surface area (Å²) in [5, 5.41) is 0. The standard InChI is InChI=1S/C26H31FN2O/c1-4-25(22-11-6-5-7-12-22)26(30)29(17-20(2)3)19-24-14-9-15-28(24)18-21-10-8-13-23(27)16-21/h5-16,20,25H,4,17-19H2,1-3H3/t25-/m1/s1. The van der Waals surface area contributed by atoms with Gasteiger partial charge in [0, 0.05) is 25.0 Å². The Morgan fingerprint density at radius 1 is 1.03 bits per heavy atom. The SMILES string of the molecule is CC[C@@H](C(=O)N(Cc1cccn1Cc1cccc(F)c1)CC(C)C)c1ccccc1. The van der Waals surface area contributed by atoms with Crippen LogP contribution in [0, 0.1) is 11.7 Å². The molecule has 1 atom stereocenters. The number of rotatable bonds is 9. The first-order valence-electron chi connectivity index (χ1n) is 10.7. The maximum Gasteiger partial charge on any atom is 0.230 e. The van der Waals surface area contributed by atoms with Gasteiger partial charge < -0.3 is 9.47 Å². The van der Waals surface area contributed by atoms with Crippen LogP contribution in [0.4, 0.5) is 4.39 Å². The second kappa shape index (κ2) is 10.2. The van der Waals surface area contributed by atoms with Crippen LogP contribution in [-0.4, -0.2) is 21.9 Å². The minimum Gasteiger partial charge on any atom is -0.345 e. The predicted molar refractivity (Wildman–Crippen MR) is 120 cm³/mol. The molecule has 3 nitrogen and oxygen atoms in total. The predicted octanol–water partition coefficient (Wildman–Crippen LogP) is 5.85. The fraction of sp³-hybridized carbons (Fsp3) is 0.346. The van der Waals surface area contributed by atoms with E-state index in [2.05, 4.69) is 25.3 Å². The largest absolute Gasteiger partial charge is 0.345 e. The zero-order valence-corrected chi connectivity index (χ0v) is 18.1. The summed E-state index contributed by atoms with van der Waals surface area (Å²) in [5.74, 6) is 0.160. The van der Waals surface area contributed by atoms with E-state index in [1.165, 1.54) is 6.07 Å². The molecular weight excluding hydrogens is 375 g/mol. The van der Waals surface area contributed by atoms with Gasteiger partial charge >= 0.3 is 0 Å². The number of benzene rings is 2. The van der Waals surface area contributed by atoms with Crippen molar-refractivity contribution in [1.29, 1.82) is 0 Å². The molecule has 1 amide bonds. The fourth-order valence-electron chi connectivity index (χ4n) is 3.91. The summed E-state index contributed by atoms with van der Waals surface area (Å²) in [5.41, 5.74) is 3.02. The van der Waals surface area contributed by atoms with Gasteiger partial charge in [-0.05, 0) is 47.7 Å². The van der Waals surface area contributed by atoms with Crippen LogP contribution in [0.5, 0.6) is 0 Å². The van der Waals surface area contributed by atoms with E-state index in [-0.39, 0.29) is 17.6 Å². The van der Waals surface area contributed by atoms with Gasteiger partial charge in [0.25, 0.3) is 0 Å². The van der Waals surface area contributed by atoms with Crippen molar-refractivity contribution in [1.82, 2.24) is 9.47 Å². The third-order valence-electron chi connectivity index (χ3n) is 5.32. The van der Waals surface area contributed by atoms with Crippen LogP contribution in [0.2, 0.25) is 0 Å². The molecule has 3 aromatic rings. The summed E-state index contributed by atoms with van der Waals surface area (Å²) in [7, 11) is 0. The molecule has 0 saturated heterocycles. The van der Waals surface area contributed by atoms with Gasteiger partial charge in [0.2, 0.25) is 5.91 Å². The Morgan fingerprint density at radius 2 is 1.80 bits per heavy atom.